The molecule has 530 valence electrons. The van der Waals surface area contributed by atoms with Gasteiger partial charge in [-0.25, -0.2) is 0 Å². The average Bonchev–Trinajstić information content (AvgIpc) is 1.07. The van der Waals surface area contributed by atoms with E-state index < -0.39 is 0 Å². The fraction of sp³-hybridized carbons (Fsp3) is 0.449. The molecule has 0 saturated carbocycles. The minimum atomic E-state index is -0.167. The third-order valence-corrected chi connectivity index (χ3v) is 26.3. The average molecular weight is 1360 g/mol. The zero-order valence-corrected chi connectivity index (χ0v) is 65.2. The molecule has 0 spiro atoms. The summed E-state index contributed by atoms with van der Waals surface area (Å²) in [6.45, 7) is 36.0. The minimum Gasteiger partial charge on any atom is -0.334 e. The van der Waals surface area contributed by atoms with Crippen molar-refractivity contribution in [3.05, 3.63) is 220 Å². The van der Waals surface area contributed by atoms with E-state index in [1.165, 1.54) is 199 Å². The smallest absolute Gasteiger partial charge is 0.252 e. The van der Waals surface area contributed by atoms with Crippen molar-refractivity contribution in [1.82, 2.24) is 9.13 Å². The molecule has 0 fully saturated rings. The minimum absolute atomic E-state index is 0.00308. The lowest BCUT2D eigenvalue weighted by atomic mass is 9.33. The largest absolute Gasteiger partial charge is 0.334 e. The van der Waals surface area contributed by atoms with Crippen LogP contribution in [-0.2, 0) is 27.1 Å². The zero-order valence-electron chi connectivity index (χ0n) is 65.2. The van der Waals surface area contributed by atoms with Crippen LogP contribution in [0.5, 0.6) is 0 Å². The molecule has 5 heteroatoms. The van der Waals surface area contributed by atoms with Crippen LogP contribution < -0.4 is 26.2 Å². The van der Waals surface area contributed by atoms with Crippen LogP contribution in [-0.4, -0.2) is 27.9 Å². The highest BCUT2D eigenvalue weighted by Crippen LogP contribution is 2.54. The van der Waals surface area contributed by atoms with Crippen LogP contribution in [0.4, 0.5) is 22.7 Å². The van der Waals surface area contributed by atoms with Crippen molar-refractivity contribution < 1.29 is 0 Å². The van der Waals surface area contributed by atoms with Gasteiger partial charge in [0.25, 0.3) is 6.71 Å². The Labute approximate surface area is 618 Å². The summed E-state index contributed by atoms with van der Waals surface area (Å²) in [5.41, 5.74) is 31.2. The van der Waals surface area contributed by atoms with Gasteiger partial charge in [0, 0.05) is 67.5 Å². The Bertz CT molecular complexity index is 4630. The fourth-order valence-electron chi connectivity index (χ4n) is 20.5. The van der Waals surface area contributed by atoms with Gasteiger partial charge < -0.3 is 18.9 Å². The maximum Gasteiger partial charge on any atom is 0.252 e. The first kappa shape index (κ1) is 68.4. The first-order chi connectivity index (χ1) is 49.3. The van der Waals surface area contributed by atoms with E-state index in [4.69, 9.17) is 0 Å². The van der Waals surface area contributed by atoms with Crippen LogP contribution >= 0.6 is 0 Å². The van der Waals surface area contributed by atoms with Crippen molar-refractivity contribution in [2.75, 3.05) is 9.80 Å². The van der Waals surface area contributed by atoms with Crippen molar-refractivity contribution in [2.45, 2.75) is 259 Å². The number of anilines is 4. The van der Waals surface area contributed by atoms with Gasteiger partial charge in [-0.2, -0.15) is 0 Å². The van der Waals surface area contributed by atoms with Crippen molar-refractivity contribution in [1.29, 1.82) is 0 Å². The van der Waals surface area contributed by atoms with Gasteiger partial charge in [0.2, 0.25) is 0 Å². The van der Waals surface area contributed by atoms with Gasteiger partial charge in [-0.1, -0.05) is 200 Å². The Morgan fingerprint density at radius 3 is 1.02 bits per heavy atom. The topological polar surface area (TPSA) is 16.3 Å². The van der Waals surface area contributed by atoms with E-state index in [1.807, 2.05) is 0 Å². The molecule has 6 atom stereocenters. The van der Waals surface area contributed by atoms with Gasteiger partial charge in [0.15, 0.2) is 0 Å². The number of fused-ring (bicyclic) bond motifs is 10. The number of aromatic nitrogens is 2. The molecule has 8 aliphatic rings. The van der Waals surface area contributed by atoms with Crippen LogP contribution in [0.1, 0.15) is 247 Å². The predicted molar refractivity (Wildman–Crippen MR) is 446 cm³/mol. The van der Waals surface area contributed by atoms with E-state index in [2.05, 4.69) is 293 Å². The first-order valence-electron chi connectivity index (χ1n) is 40.6. The normalized spacial score (nSPS) is 22.7. The second-order valence-electron chi connectivity index (χ2n) is 38.1. The van der Waals surface area contributed by atoms with Crippen LogP contribution in [0.25, 0.3) is 55.0 Å². The molecule has 4 heterocycles. The molecule has 9 aromatic rings. The quantitative estimate of drug-likeness (QED) is 0.111. The number of hydrogen-bond acceptors (Lipinski definition) is 2. The zero-order chi connectivity index (χ0) is 71.4. The van der Waals surface area contributed by atoms with Gasteiger partial charge in [-0.05, 0) is 295 Å². The first-order valence-corrected chi connectivity index (χ1v) is 40.6. The van der Waals surface area contributed by atoms with Crippen LogP contribution in [0, 0.1) is 23.7 Å². The Kier molecular flexibility index (Phi) is 16.9. The van der Waals surface area contributed by atoms with Crippen LogP contribution in [0.2, 0.25) is 0 Å². The van der Waals surface area contributed by atoms with Gasteiger partial charge in [-0.15, -0.1) is 0 Å². The highest BCUT2D eigenvalue weighted by Gasteiger charge is 2.51. The van der Waals surface area contributed by atoms with Crippen LogP contribution in [0.3, 0.4) is 0 Å². The number of benzene rings is 7. The molecule has 0 N–H and O–H groups in total. The maximum atomic E-state index is 3.09. The summed E-state index contributed by atoms with van der Waals surface area (Å²) in [4.78, 5) is 6.18. The van der Waals surface area contributed by atoms with E-state index in [-0.39, 0.29) is 45.9 Å². The van der Waals surface area contributed by atoms with E-state index in [1.54, 1.807) is 22.3 Å². The number of allylic oxidation sites excluding steroid dienone is 8. The summed E-state index contributed by atoms with van der Waals surface area (Å²) >= 11 is 0. The maximum absolute atomic E-state index is 3.09. The SMILES string of the molecule is CC(C)(C)c1cc2c3c(c1)N(C1C(C4CC=CCC4)=CCCC1C1=CCCCC1)c1cc(-n4c5ccc(C(C)(C)C)cc5c5cc(C(C)(C)C)ccc54)ccc1B3c1ccc(-n3c4ccc(C(C)(C)C)cc4c4cc(C(C)(C)C)ccc43)cc1N2C1C(C2CC=CCC2)=CCCC1C1=CCCCC1. The molecule has 4 nitrogen and oxygen atoms in total. The molecule has 0 radical (unpaired) electrons. The van der Waals surface area contributed by atoms with Crippen LogP contribution in [0.15, 0.2) is 192 Å². The Morgan fingerprint density at radius 1 is 0.330 bits per heavy atom. The fourth-order valence-corrected chi connectivity index (χ4v) is 20.5. The van der Waals surface area contributed by atoms with E-state index >= 15 is 0 Å². The standard InChI is InChI=1S/C98H115BN4/c1-94(2,3)66-42-50-83-77(54-66)78-55-67(95(4,5)6)43-51-84(78)100(83)71-46-48-81-87(60-71)102(92-73(62-30-20-16-21-31-62)38-28-39-74(92)63-32-22-17-23-33-63)89-58-70(98(13,14)15)59-90-91(89)99(81)82-49-47-72(101-85-52-44-68(96(7,8)9)56-79(85)80-57-69(97(10,11)12)45-53-86(80)101)61-88(82)103(90)93-75(64-34-24-18-25-35-64)40-29-41-76(93)65-36-26-19-27-37-65/h16,18,20,24,32,36,38,40,42-62,64,74,76,92-93H,17,19,21-23,25-31,33-35,37,39,41H2,1-15H3. The third kappa shape index (κ3) is 11.8. The lowest BCUT2D eigenvalue weighted by Crippen LogP contribution is -2.65. The predicted octanol–water partition coefficient (Wildman–Crippen LogP) is 24.9. The van der Waals surface area contributed by atoms with Gasteiger partial charge in [0.05, 0.1) is 34.2 Å². The van der Waals surface area contributed by atoms with E-state index in [0.29, 0.717) is 23.7 Å². The molecule has 6 unspecified atom stereocenters. The molecule has 17 rings (SSSR count). The second kappa shape index (κ2) is 25.5. The molecule has 0 bridgehead atoms. The lowest BCUT2D eigenvalue weighted by molar-refractivity contribution is 0.391. The summed E-state index contributed by atoms with van der Waals surface area (Å²) < 4.78 is 5.33. The molecule has 0 amide bonds. The molecule has 0 saturated heterocycles. The molecule has 7 aromatic carbocycles. The summed E-state index contributed by atoms with van der Waals surface area (Å²) in [6.07, 6.45) is 42.6. The third-order valence-electron chi connectivity index (χ3n) is 26.3. The Hall–Kier alpha value is -7.76. The molecule has 103 heavy (non-hydrogen) atoms. The molecular weight excluding hydrogens is 1240 g/mol. The summed E-state index contributed by atoms with van der Waals surface area (Å²) in [5.74, 6) is 1.75. The van der Waals surface area contributed by atoms with Crippen molar-refractivity contribution in [2.24, 2.45) is 23.7 Å². The number of nitrogens with zero attached hydrogens (tertiary/aromatic N) is 4. The Balaban J connectivity index is 0.995. The highest BCUT2D eigenvalue weighted by molar-refractivity contribution is 7.00. The summed E-state index contributed by atoms with van der Waals surface area (Å²) in [7, 11) is 0. The van der Waals surface area contributed by atoms with Crippen molar-refractivity contribution in [3.63, 3.8) is 0 Å². The van der Waals surface area contributed by atoms with E-state index in [0.717, 1.165) is 38.5 Å². The van der Waals surface area contributed by atoms with E-state index in [9.17, 15) is 0 Å². The molecular formula is C98H115BN4. The lowest BCUT2D eigenvalue weighted by Gasteiger charge is -2.53. The van der Waals surface area contributed by atoms with Gasteiger partial charge >= 0.3 is 0 Å². The number of rotatable bonds is 8. The van der Waals surface area contributed by atoms with Gasteiger partial charge in [0.1, 0.15) is 0 Å². The molecule has 2 aliphatic heterocycles. The van der Waals surface area contributed by atoms with Crippen molar-refractivity contribution >= 4 is 89.5 Å². The summed E-state index contributed by atoms with van der Waals surface area (Å²) in [5, 5.41) is 5.36. The Morgan fingerprint density at radius 2 is 0.699 bits per heavy atom. The monoisotopic (exact) mass is 1360 g/mol. The molecule has 2 aromatic heterocycles. The summed E-state index contributed by atoms with van der Waals surface area (Å²) in [6, 6.07) is 51.5. The number of hydrogen-bond donors (Lipinski definition) is 0. The van der Waals surface area contributed by atoms with Crippen molar-refractivity contribution in [3.8, 4) is 11.4 Å². The molecule has 6 aliphatic carbocycles. The highest BCUT2D eigenvalue weighted by atomic mass is 15.2. The second-order valence-corrected chi connectivity index (χ2v) is 38.1. The van der Waals surface area contributed by atoms with Gasteiger partial charge in [-0.3, -0.25) is 0 Å².